The fourth-order valence-corrected chi connectivity index (χ4v) is 3.52. The molecule has 0 saturated carbocycles. The van der Waals surface area contributed by atoms with E-state index in [9.17, 15) is 14.4 Å². The maximum absolute atomic E-state index is 12.5. The van der Waals surface area contributed by atoms with E-state index in [1.54, 1.807) is 36.1 Å². The average Bonchev–Trinajstić information content (AvgIpc) is 3.25. The van der Waals surface area contributed by atoms with E-state index in [0.717, 1.165) is 11.1 Å². The maximum atomic E-state index is 12.5. The number of anilines is 1. The highest BCUT2D eigenvalue weighted by atomic mass is 16.3. The molecule has 7 heteroatoms. The number of piperazine rings is 1. The Balaban J connectivity index is 1.31. The van der Waals surface area contributed by atoms with Gasteiger partial charge in [0.05, 0.1) is 0 Å². The molecule has 0 radical (unpaired) electrons. The lowest BCUT2D eigenvalue weighted by atomic mass is 10.1. The van der Waals surface area contributed by atoms with Crippen LogP contribution in [-0.4, -0.2) is 53.7 Å². The van der Waals surface area contributed by atoms with Gasteiger partial charge in [-0.1, -0.05) is 42.5 Å². The predicted octanol–water partition coefficient (Wildman–Crippen LogP) is 3.18. The first-order valence-electron chi connectivity index (χ1n) is 10.1. The van der Waals surface area contributed by atoms with Crippen LogP contribution in [0.5, 0.6) is 0 Å². The first-order chi connectivity index (χ1) is 15.0. The molecule has 1 saturated heterocycles. The number of amides is 3. The molecule has 0 aliphatic carbocycles. The molecule has 2 aromatic carbocycles. The number of hydrogen-bond donors (Lipinski definition) is 1. The van der Waals surface area contributed by atoms with E-state index in [0.29, 0.717) is 37.6 Å². The molecule has 3 aromatic rings. The van der Waals surface area contributed by atoms with Crippen molar-refractivity contribution < 1.29 is 18.8 Å². The number of hydrogen-bond acceptors (Lipinski definition) is 4. The van der Waals surface area contributed by atoms with Crippen LogP contribution in [0.15, 0.2) is 71.1 Å². The number of nitrogens with zero attached hydrogens (tertiary/aromatic N) is 2. The molecule has 31 heavy (non-hydrogen) atoms. The quantitative estimate of drug-likeness (QED) is 0.664. The SMILES string of the molecule is Cc1ccc(C(=O)N2CCN(C(=O)C(=O)Nc3ccc(-c4ccccc4)cc3)CC2)o1. The molecule has 1 fully saturated rings. The zero-order valence-electron chi connectivity index (χ0n) is 17.2. The van der Waals surface area contributed by atoms with Gasteiger partial charge in [0.25, 0.3) is 5.91 Å². The van der Waals surface area contributed by atoms with E-state index >= 15 is 0 Å². The summed E-state index contributed by atoms with van der Waals surface area (Å²) in [5.41, 5.74) is 2.66. The second-order valence-electron chi connectivity index (χ2n) is 7.39. The Labute approximate surface area is 180 Å². The highest BCUT2D eigenvalue weighted by Crippen LogP contribution is 2.21. The van der Waals surface area contributed by atoms with Crippen molar-refractivity contribution in [1.29, 1.82) is 0 Å². The molecule has 1 N–H and O–H groups in total. The lowest BCUT2D eigenvalue weighted by Crippen LogP contribution is -2.52. The summed E-state index contributed by atoms with van der Waals surface area (Å²) in [6.45, 7) is 3.07. The normalized spacial score (nSPS) is 13.7. The predicted molar refractivity (Wildman–Crippen MR) is 116 cm³/mol. The fourth-order valence-electron chi connectivity index (χ4n) is 3.52. The summed E-state index contributed by atoms with van der Waals surface area (Å²) in [5.74, 6) is -0.537. The highest BCUT2D eigenvalue weighted by Gasteiger charge is 2.29. The third-order valence-corrected chi connectivity index (χ3v) is 5.25. The molecule has 1 aliphatic heterocycles. The molecule has 158 valence electrons. The van der Waals surface area contributed by atoms with Gasteiger partial charge in [-0.3, -0.25) is 14.4 Å². The topological polar surface area (TPSA) is 82.9 Å². The van der Waals surface area contributed by atoms with Crippen LogP contribution in [-0.2, 0) is 9.59 Å². The fraction of sp³-hybridized carbons (Fsp3) is 0.208. The van der Waals surface area contributed by atoms with Crippen LogP contribution in [0, 0.1) is 6.92 Å². The van der Waals surface area contributed by atoms with E-state index in [2.05, 4.69) is 5.32 Å². The number of carbonyl (C=O) groups is 3. The number of furan rings is 1. The van der Waals surface area contributed by atoms with Gasteiger partial charge < -0.3 is 19.5 Å². The third kappa shape index (κ3) is 4.66. The zero-order chi connectivity index (χ0) is 21.8. The van der Waals surface area contributed by atoms with E-state index in [4.69, 9.17) is 4.42 Å². The molecule has 7 nitrogen and oxygen atoms in total. The Bertz CT molecular complexity index is 1080. The van der Waals surface area contributed by atoms with Crippen molar-refractivity contribution in [3.63, 3.8) is 0 Å². The standard InChI is InChI=1S/C24H23N3O4/c1-17-7-12-21(31-17)23(29)26-13-15-27(16-14-26)24(30)22(28)25-20-10-8-19(9-11-20)18-5-3-2-4-6-18/h2-12H,13-16H2,1H3,(H,25,28). The minimum atomic E-state index is -0.686. The van der Waals surface area contributed by atoms with Crippen molar-refractivity contribution in [2.45, 2.75) is 6.92 Å². The molecule has 4 rings (SSSR count). The number of rotatable bonds is 3. The first-order valence-corrected chi connectivity index (χ1v) is 10.1. The van der Waals surface area contributed by atoms with Crippen LogP contribution in [0.3, 0.4) is 0 Å². The minimum Gasteiger partial charge on any atom is -0.456 e. The van der Waals surface area contributed by atoms with Crippen LogP contribution < -0.4 is 5.32 Å². The van der Waals surface area contributed by atoms with Gasteiger partial charge in [0.15, 0.2) is 5.76 Å². The summed E-state index contributed by atoms with van der Waals surface area (Å²) in [4.78, 5) is 40.5. The van der Waals surface area contributed by atoms with Gasteiger partial charge in [-0.2, -0.15) is 0 Å². The maximum Gasteiger partial charge on any atom is 0.313 e. The summed E-state index contributed by atoms with van der Waals surface area (Å²) in [7, 11) is 0. The van der Waals surface area contributed by atoms with E-state index in [1.165, 1.54) is 4.90 Å². The van der Waals surface area contributed by atoms with Crippen molar-refractivity contribution in [3.8, 4) is 11.1 Å². The van der Waals surface area contributed by atoms with Gasteiger partial charge in [0.2, 0.25) is 0 Å². The van der Waals surface area contributed by atoms with Crippen LogP contribution in [0.1, 0.15) is 16.3 Å². The van der Waals surface area contributed by atoms with Gasteiger partial charge in [-0.05, 0) is 42.3 Å². The van der Waals surface area contributed by atoms with Gasteiger partial charge >= 0.3 is 11.8 Å². The number of nitrogens with one attached hydrogen (secondary N) is 1. The molecular formula is C24H23N3O4. The van der Waals surface area contributed by atoms with Crippen molar-refractivity contribution in [2.24, 2.45) is 0 Å². The van der Waals surface area contributed by atoms with Crippen LogP contribution in [0.2, 0.25) is 0 Å². The van der Waals surface area contributed by atoms with Crippen molar-refractivity contribution in [2.75, 3.05) is 31.5 Å². The second-order valence-corrected chi connectivity index (χ2v) is 7.39. The van der Waals surface area contributed by atoms with Crippen molar-refractivity contribution >= 4 is 23.4 Å². The highest BCUT2D eigenvalue weighted by molar-refractivity contribution is 6.39. The molecular weight excluding hydrogens is 394 g/mol. The summed E-state index contributed by atoms with van der Waals surface area (Å²) in [5, 5.41) is 2.65. The lowest BCUT2D eigenvalue weighted by molar-refractivity contribution is -0.144. The Morgan fingerprint density at radius 1 is 0.774 bits per heavy atom. The largest absolute Gasteiger partial charge is 0.456 e. The van der Waals surface area contributed by atoms with Gasteiger partial charge in [-0.25, -0.2) is 0 Å². The summed E-state index contributed by atoms with van der Waals surface area (Å²) < 4.78 is 5.38. The summed E-state index contributed by atoms with van der Waals surface area (Å²) in [6.07, 6.45) is 0. The molecule has 0 atom stereocenters. The van der Waals surface area contributed by atoms with Crippen molar-refractivity contribution in [1.82, 2.24) is 9.80 Å². The monoisotopic (exact) mass is 417 g/mol. The van der Waals surface area contributed by atoms with Crippen molar-refractivity contribution in [3.05, 3.63) is 78.3 Å². The smallest absolute Gasteiger partial charge is 0.313 e. The molecule has 0 spiro atoms. The molecule has 3 amide bonds. The summed E-state index contributed by atoms with van der Waals surface area (Å²) in [6, 6.07) is 20.6. The van der Waals surface area contributed by atoms with Crippen LogP contribution in [0.4, 0.5) is 5.69 Å². The average molecular weight is 417 g/mol. The molecule has 1 aromatic heterocycles. The Morgan fingerprint density at radius 3 is 2.00 bits per heavy atom. The first kappa shape index (κ1) is 20.4. The van der Waals surface area contributed by atoms with E-state index in [-0.39, 0.29) is 11.7 Å². The number of benzene rings is 2. The molecule has 0 unspecified atom stereocenters. The number of aryl methyl sites for hydroxylation is 1. The van der Waals surface area contributed by atoms with Crippen LogP contribution >= 0.6 is 0 Å². The summed E-state index contributed by atoms with van der Waals surface area (Å²) >= 11 is 0. The van der Waals surface area contributed by atoms with Gasteiger partial charge in [0.1, 0.15) is 5.76 Å². The Morgan fingerprint density at radius 2 is 1.39 bits per heavy atom. The van der Waals surface area contributed by atoms with Gasteiger partial charge in [-0.15, -0.1) is 0 Å². The Kier molecular flexibility index (Phi) is 5.84. The lowest BCUT2D eigenvalue weighted by Gasteiger charge is -2.33. The van der Waals surface area contributed by atoms with E-state index < -0.39 is 11.8 Å². The molecule has 2 heterocycles. The van der Waals surface area contributed by atoms with E-state index in [1.807, 2.05) is 42.5 Å². The third-order valence-electron chi connectivity index (χ3n) is 5.25. The number of carbonyl (C=O) groups excluding carboxylic acids is 3. The second kappa shape index (κ2) is 8.87. The molecule has 1 aliphatic rings. The zero-order valence-corrected chi connectivity index (χ0v) is 17.2. The minimum absolute atomic E-state index is 0.205. The van der Waals surface area contributed by atoms with Gasteiger partial charge in [0, 0.05) is 31.9 Å². The Hall–Kier alpha value is -3.87. The molecule has 0 bridgehead atoms. The van der Waals surface area contributed by atoms with Crippen LogP contribution in [0.25, 0.3) is 11.1 Å².